The highest BCUT2D eigenvalue weighted by Crippen LogP contribution is 2.32. The molecule has 0 amide bonds. The Morgan fingerprint density at radius 2 is 1.87 bits per heavy atom. The van der Waals surface area contributed by atoms with E-state index >= 15 is 0 Å². The SMILES string of the molecule is Cc1cc(C)c2c(n1)sc1c(=O)[nH]c(-c3ccc(Br)cc3)nc12. The van der Waals surface area contributed by atoms with Crippen LogP contribution in [0.25, 0.3) is 31.8 Å². The zero-order chi connectivity index (χ0) is 16.1. The summed E-state index contributed by atoms with van der Waals surface area (Å²) in [7, 11) is 0. The molecule has 6 heteroatoms. The Bertz CT molecular complexity index is 1110. The van der Waals surface area contributed by atoms with Crippen LogP contribution in [0.3, 0.4) is 0 Å². The monoisotopic (exact) mass is 385 g/mol. The van der Waals surface area contributed by atoms with Crippen LogP contribution in [0.1, 0.15) is 11.3 Å². The average Bonchev–Trinajstić information content (AvgIpc) is 2.87. The van der Waals surface area contributed by atoms with Crippen LogP contribution < -0.4 is 5.56 Å². The number of nitrogens with one attached hydrogen (secondary N) is 1. The zero-order valence-corrected chi connectivity index (χ0v) is 14.9. The molecule has 4 nitrogen and oxygen atoms in total. The maximum Gasteiger partial charge on any atom is 0.269 e. The lowest BCUT2D eigenvalue weighted by Crippen LogP contribution is -2.07. The molecule has 3 aromatic heterocycles. The lowest BCUT2D eigenvalue weighted by Gasteiger charge is -2.02. The number of H-pyrrole nitrogens is 1. The minimum Gasteiger partial charge on any atom is -0.305 e. The molecule has 1 aromatic carbocycles. The fraction of sp³-hybridized carbons (Fsp3) is 0.118. The molecule has 0 unspecified atom stereocenters. The normalized spacial score (nSPS) is 11.4. The van der Waals surface area contributed by atoms with Crippen LogP contribution in [0, 0.1) is 13.8 Å². The molecule has 0 saturated heterocycles. The molecule has 0 saturated carbocycles. The summed E-state index contributed by atoms with van der Waals surface area (Å²) >= 11 is 4.81. The fourth-order valence-corrected chi connectivity index (χ4v) is 4.13. The summed E-state index contributed by atoms with van der Waals surface area (Å²) in [5, 5.41) is 0.972. The van der Waals surface area contributed by atoms with Crippen LogP contribution in [-0.2, 0) is 0 Å². The number of hydrogen-bond donors (Lipinski definition) is 1. The topological polar surface area (TPSA) is 58.6 Å². The second kappa shape index (κ2) is 5.25. The van der Waals surface area contributed by atoms with E-state index < -0.39 is 0 Å². The smallest absolute Gasteiger partial charge is 0.269 e. The molecular weight excluding hydrogens is 374 g/mol. The standard InChI is InChI=1S/C17H12BrN3OS/c1-8-7-9(2)19-17-12(8)13-14(23-17)16(22)21-15(20-13)10-3-5-11(18)6-4-10/h3-7H,1-2H3,(H,20,21,22). The molecular formula is C17H12BrN3OS. The van der Waals surface area contributed by atoms with Crippen LogP contribution in [0.15, 0.2) is 39.6 Å². The number of nitrogens with zero attached hydrogens (tertiary/aromatic N) is 2. The van der Waals surface area contributed by atoms with E-state index in [0.29, 0.717) is 10.5 Å². The number of pyridine rings is 1. The van der Waals surface area contributed by atoms with Gasteiger partial charge >= 0.3 is 0 Å². The summed E-state index contributed by atoms with van der Waals surface area (Å²) in [5.41, 5.74) is 3.54. The van der Waals surface area contributed by atoms with E-state index in [9.17, 15) is 4.79 Å². The predicted molar refractivity (Wildman–Crippen MR) is 98.2 cm³/mol. The Labute approximate surface area is 144 Å². The number of hydrogen-bond acceptors (Lipinski definition) is 4. The van der Waals surface area contributed by atoms with Crippen molar-refractivity contribution in [2.24, 2.45) is 0 Å². The van der Waals surface area contributed by atoms with Crippen LogP contribution in [0.2, 0.25) is 0 Å². The maximum atomic E-state index is 12.5. The molecule has 1 N–H and O–H groups in total. The van der Waals surface area contributed by atoms with Gasteiger partial charge in [-0.25, -0.2) is 9.97 Å². The van der Waals surface area contributed by atoms with Crippen molar-refractivity contribution in [1.82, 2.24) is 15.0 Å². The number of aromatic amines is 1. The van der Waals surface area contributed by atoms with E-state index in [0.717, 1.165) is 37.0 Å². The molecule has 0 aliphatic carbocycles. The average molecular weight is 386 g/mol. The van der Waals surface area contributed by atoms with E-state index in [2.05, 4.69) is 25.9 Å². The highest BCUT2D eigenvalue weighted by molar-refractivity contribution is 9.10. The van der Waals surface area contributed by atoms with Crippen molar-refractivity contribution in [3.05, 3.63) is 56.4 Å². The van der Waals surface area contributed by atoms with Gasteiger partial charge in [-0.15, -0.1) is 11.3 Å². The largest absolute Gasteiger partial charge is 0.305 e. The Morgan fingerprint density at radius 1 is 1.13 bits per heavy atom. The van der Waals surface area contributed by atoms with Crippen molar-refractivity contribution in [2.75, 3.05) is 0 Å². The van der Waals surface area contributed by atoms with Crippen molar-refractivity contribution < 1.29 is 0 Å². The van der Waals surface area contributed by atoms with Gasteiger partial charge in [-0.3, -0.25) is 4.79 Å². The van der Waals surface area contributed by atoms with Gasteiger partial charge in [0, 0.05) is 21.1 Å². The first kappa shape index (κ1) is 14.5. The van der Waals surface area contributed by atoms with E-state index in [1.54, 1.807) is 0 Å². The summed E-state index contributed by atoms with van der Waals surface area (Å²) in [4.78, 5) is 25.5. The van der Waals surface area contributed by atoms with Gasteiger partial charge in [0.2, 0.25) is 0 Å². The quantitative estimate of drug-likeness (QED) is 0.521. The number of fused-ring (bicyclic) bond motifs is 3. The lowest BCUT2D eigenvalue weighted by atomic mass is 10.1. The zero-order valence-electron chi connectivity index (χ0n) is 12.5. The lowest BCUT2D eigenvalue weighted by molar-refractivity contribution is 1.19. The Morgan fingerprint density at radius 3 is 2.61 bits per heavy atom. The fourth-order valence-electron chi connectivity index (χ4n) is 2.73. The van der Waals surface area contributed by atoms with Crippen molar-refractivity contribution in [1.29, 1.82) is 0 Å². The predicted octanol–water partition coefficient (Wildman–Crippen LogP) is 4.58. The summed E-state index contributed by atoms with van der Waals surface area (Å²) < 4.78 is 1.61. The third-order valence-corrected chi connectivity index (χ3v) is 5.34. The number of aromatic nitrogens is 3. The highest BCUT2D eigenvalue weighted by atomic mass is 79.9. The van der Waals surface area contributed by atoms with E-state index in [1.807, 2.05) is 44.2 Å². The molecule has 0 aliphatic rings. The molecule has 0 fully saturated rings. The third-order valence-electron chi connectivity index (χ3n) is 3.74. The molecule has 23 heavy (non-hydrogen) atoms. The Balaban J connectivity index is 2.08. The molecule has 4 aromatic rings. The van der Waals surface area contributed by atoms with Gasteiger partial charge in [0.1, 0.15) is 15.4 Å². The summed E-state index contributed by atoms with van der Waals surface area (Å²) in [6.45, 7) is 3.99. The van der Waals surface area contributed by atoms with E-state index in [-0.39, 0.29) is 5.56 Å². The van der Waals surface area contributed by atoms with Crippen molar-refractivity contribution in [3.8, 4) is 11.4 Å². The van der Waals surface area contributed by atoms with Gasteiger partial charge in [-0.1, -0.05) is 28.1 Å². The Hall–Kier alpha value is -2.05. The molecule has 0 spiro atoms. The minimum absolute atomic E-state index is 0.118. The van der Waals surface area contributed by atoms with Crippen LogP contribution in [0.4, 0.5) is 0 Å². The Kier molecular flexibility index (Phi) is 3.32. The van der Waals surface area contributed by atoms with Gasteiger partial charge in [-0.05, 0) is 37.6 Å². The second-order valence-corrected chi connectivity index (χ2v) is 7.38. The van der Waals surface area contributed by atoms with Crippen molar-refractivity contribution >= 4 is 47.7 Å². The van der Waals surface area contributed by atoms with Crippen LogP contribution >= 0.6 is 27.3 Å². The summed E-state index contributed by atoms with van der Waals surface area (Å²) in [6, 6.07) is 9.75. The van der Waals surface area contributed by atoms with Gasteiger partial charge in [0.15, 0.2) is 0 Å². The van der Waals surface area contributed by atoms with Crippen LogP contribution in [-0.4, -0.2) is 15.0 Å². The van der Waals surface area contributed by atoms with Crippen molar-refractivity contribution in [3.63, 3.8) is 0 Å². The highest BCUT2D eigenvalue weighted by Gasteiger charge is 2.15. The molecule has 0 radical (unpaired) electrons. The number of thiophene rings is 1. The van der Waals surface area contributed by atoms with Gasteiger partial charge in [-0.2, -0.15) is 0 Å². The third kappa shape index (κ3) is 2.38. The summed E-state index contributed by atoms with van der Waals surface area (Å²) in [5.74, 6) is 0.578. The van der Waals surface area contributed by atoms with E-state index in [1.165, 1.54) is 11.3 Å². The van der Waals surface area contributed by atoms with Gasteiger partial charge in [0.25, 0.3) is 5.56 Å². The maximum absolute atomic E-state index is 12.5. The number of halogens is 1. The van der Waals surface area contributed by atoms with E-state index in [4.69, 9.17) is 4.98 Å². The first-order chi connectivity index (χ1) is 11.0. The first-order valence-corrected chi connectivity index (χ1v) is 8.70. The minimum atomic E-state index is -0.118. The molecule has 0 bridgehead atoms. The molecule has 114 valence electrons. The van der Waals surface area contributed by atoms with Gasteiger partial charge in [0.05, 0.1) is 5.52 Å². The van der Waals surface area contributed by atoms with Gasteiger partial charge < -0.3 is 4.98 Å². The first-order valence-electron chi connectivity index (χ1n) is 7.09. The molecule has 3 heterocycles. The number of rotatable bonds is 1. The van der Waals surface area contributed by atoms with Crippen molar-refractivity contribution in [2.45, 2.75) is 13.8 Å². The number of aryl methyl sites for hydroxylation is 2. The second-order valence-electron chi connectivity index (χ2n) is 5.46. The number of benzene rings is 1. The van der Waals surface area contributed by atoms with Crippen LogP contribution in [0.5, 0.6) is 0 Å². The summed E-state index contributed by atoms with van der Waals surface area (Å²) in [6.07, 6.45) is 0. The molecule has 4 rings (SSSR count). The molecule has 0 aliphatic heterocycles. The molecule has 0 atom stereocenters.